The summed E-state index contributed by atoms with van der Waals surface area (Å²) in [6.45, 7) is 0.0551. The zero-order chi connectivity index (χ0) is 25.3. The lowest BCUT2D eigenvalue weighted by Crippen LogP contribution is -2.13. The van der Waals surface area contributed by atoms with Crippen molar-refractivity contribution in [1.82, 2.24) is 5.16 Å². The second-order valence-electron chi connectivity index (χ2n) is 9.05. The van der Waals surface area contributed by atoms with Crippen molar-refractivity contribution in [3.05, 3.63) is 59.5 Å². The van der Waals surface area contributed by atoms with E-state index in [0.29, 0.717) is 29.4 Å². The Morgan fingerprint density at radius 1 is 1.08 bits per heavy atom. The fourth-order valence-electron chi connectivity index (χ4n) is 3.87. The predicted molar refractivity (Wildman–Crippen MR) is 132 cm³/mol. The maximum atomic E-state index is 14.6. The molecule has 3 aromatic rings. The number of aromatic nitrogens is 1. The van der Waals surface area contributed by atoms with Gasteiger partial charge in [-0.2, -0.15) is 0 Å². The normalized spacial score (nSPS) is 14.6. The first-order valence-corrected chi connectivity index (χ1v) is 12.5. The van der Waals surface area contributed by atoms with Gasteiger partial charge < -0.3 is 23.8 Å². The van der Waals surface area contributed by atoms with E-state index in [2.05, 4.69) is 5.16 Å². The van der Waals surface area contributed by atoms with E-state index < -0.39 is 11.8 Å². The van der Waals surface area contributed by atoms with Gasteiger partial charge >= 0.3 is 5.97 Å². The van der Waals surface area contributed by atoms with Crippen molar-refractivity contribution < 1.29 is 33.0 Å². The second kappa shape index (κ2) is 12.4. The molecule has 0 unspecified atom stereocenters. The SMILES string of the molecule is C1CC1.COc1ccc(F)c(-c2onc(COc3cccc(CCC(=O)O)c3)c2OC2CCCC2)c1. The fourth-order valence-corrected chi connectivity index (χ4v) is 3.87. The molecule has 0 saturated heterocycles. The van der Waals surface area contributed by atoms with E-state index in [9.17, 15) is 9.18 Å². The number of halogens is 1. The Morgan fingerprint density at radius 2 is 1.86 bits per heavy atom. The van der Waals surface area contributed by atoms with Crippen LogP contribution >= 0.6 is 0 Å². The lowest BCUT2D eigenvalue weighted by atomic mass is 10.1. The molecule has 0 amide bonds. The number of aryl methyl sites for hydroxylation is 1. The highest BCUT2D eigenvalue weighted by Crippen LogP contribution is 2.39. The number of benzene rings is 2. The zero-order valence-electron chi connectivity index (χ0n) is 20.5. The smallest absolute Gasteiger partial charge is 0.303 e. The summed E-state index contributed by atoms with van der Waals surface area (Å²) in [6, 6.07) is 11.6. The van der Waals surface area contributed by atoms with Crippen LogP contribution in [0.4, 0.5) is 4.39 Å². The van der Waals surface area contributed by atoms with Crippen LogP contribution in [0.2, 0.25) is 0 Å². The first-order chi connectivity index (χ1) is 17.5. The Balaban J connectivity index is 0.000000943. The molecule has 1 heterocycles. The van der Waals surface area contributed by atoms with Crippen LogP contribution in [0.1, 0.15) is 62.6 Å². The van der Waals surface area contributed by atoms with Crippen molar-refractivity contribution in [2.75, 3.05) is 7.11 Å². The Hall–Kier alpha value is -3.55. The average Bonchev–Trinajstić information content (AvgIpc) is 3.59. The van der Waals surface area contributed by atoms with E-state index in [4.69, 9.17) is 23.8 Å². The van der Waals surface area contributed by atoms with Crippen molar-refractivity contribution in [3.8, 4) is 28.6 Å². The molecule has 36 heavy (non-hydrogen) atoms. The highest BCUT2D eigenvalue weighted by atomic mass is 19.1. The summed E-state index contributed by atoms with van der Waals surface area (Å²) < 4.78 is 37.5. The minimum absolute atomic E-state index is 0.00918. The van der Waals surface area contributed by atoms with Crippen LogP contribution in [0.3, 0.4) is 0 Å². The predicted octanol–water partition coefficient (Wildman–Crippen LogP) is 6.58. The van der Waals surface area contributed by atoms with Gasteiger partial charge in [0.05, 0.1) is 18.8 Å². The van der Waals surface area contributed by atoms with Gasteiger partial charge in [0.25, 0.3) is 0 Å². The molecular weight excluding hydrogens is 465 g/mol. The summed E-state index contributed by atoms with van der Waals surface area (Å²) in [5.41, 5.74) is 1.49. The fraction of sp³-hybridized carbons (Fsp3) is 0.429. The van der Waals surface area contributed by atoms with Crippen LogP contribution in [0.15, 0.2) is 47.0 Å². The van der Waals surface area contributed by atoms with E-state index >= 15 is 0 Å². The standard InChI is InChI=1S/C25H26FNO6.C3H6/c1-30-18-10-11-21(26)20(14-18)24-25(32-17-6-2-3-7-17)22(27-33-24)15-31-19-8-4-5-16(13-19)9-12-23(28)29;1-2-3-1/h4-5,8,10-11,13-14,17H,2-3,6-7,9,12,15H2,1H3,(H,28,29);1-3H2. The number of ether oxygens (including phenoxy) is 3. The van der Waals surface area contributed by atoms with Crippen LogP contribution in [0, 0.1) is 5.82 Å². The molecule has 5 rings (SSSR count). The van der Waals surface area contributed by atoms with E-state index in [1.165, 1.54) is 38.5 Å². The summed E-state index contributed by atoms with van der Waals surface area (Å²) in [7, 11) is 1.51. The number of methoxy groups -OCH3 is 1. The number of hydrogen-bond acceptors (Lipinski definition) is 6. The van der Waals surface area contributed by atoms with Crippen LogP contribution in [0.25, 0.3) is 11.3 Å². The number of rotatable bonds is 10. The Bertz CT molecular complexity index is 1150. The van der Waals surface area contributed by atoms with Gasteiger partial charge in [-0.15, -0.1) is 0 Å². The van der Waals surface area contributed by atoms with Crippen molar-refractivity contribution in [2.45, 2.75) is 70.5 Å². The molecule has 0 spiro atoms. The largest absolute Gasteiger partial charge is 0.497 e. The van der Waals surface area contributed by atoms with Gasteiger partial charge in [0.1, 0.15) is 23.9 Å². The number of hydrogen-bond donors (Lipinski definition) is 1. The van der Waals surface area contributed by atoms with Gasteiger partial charge in [0.2, 0.25) is 5.76 Å². The van der Waals surface area contributed by atoms with E-state index in [-0.39, 0.29) is 30.5 Å². The number of carbonyl (C=O) groups is 1. The lowest BCUT2D eigenvalue weighted by molar-refractivity contribution is -0.136. The topological polar surface area (TPSA) is 91.0 Å². The number of carboxylic acids is 1. The lowest BCUT2D eigenvalue weighted by Gasteiger charge is -2.14. The van der Waals surface area contributed by atoms with Crippen molar-refractivity contribution in [3.63, 3.8) is 0 Å². The molecule has 0 radical (unpaired) electrons. The van der Waals surface area contributed by atoms with Gasteiger partial charge in [-0.3, -0.25) is 4.79 Å². The molecule has 192 valence electrons. The minimum Gasteiger partial charge on any atom is -0.497 e. The van der Waals surface area contributed by atoms with Crippen molar-refractivity contribution >= 4 is 5.97 Å². The molecule has 2 fully saturated rings. The van der Waals surface area contributed by atoms with Crippen LogP contribution < -0.4 is 14.2 Å². The van der Waals surface area contributed by atoms with Gasteiger partial charge in [-0.25, -0.2) is 4.39 Å². The number of nitrogens with zero attached hydrogens (tertiary/aromatic N) is 1. The molecule has 2 aliphatic carbocycles. The third kappa shape index (κ3) is 7.23. The first kappa shape index (κ1) is 25.5. The van der Waals surface area contributed by atoms with E-state index in [0.717, 1.165) is 31.2 Å². The molecule has 1 aromatic heterocycles. The molecule has 2 aromatic carbocycles. The number of aliphatic carboxylic acids is 1. The maximum absolute atomic E-state index is 14.6. The zero-order valence-corrected chi connectivity index (χ0v) is 20.5. The monoisotopic (exact) mass is 497 g/mol. The highest BCUT2D eigenvalue weighted by molar-refractivity contribution is 5.68. The summed E-state index contributed by atoms with van der Waals surface area (Å²) >= 11 is 0. The van der Waals surface area contributed by atoms with Gasteiger partial charge in [0, 0.05) is 6.42 Å². The summed E-state index contributed by atoms with van der Waals surface area (Å²) in [4.78, 5) is 10.8. The second-order valence-corrected chi connectivity index (χ2v) is 9.05. The molecule has 1 N–H and O–H groups in total. The van der Waals surface area contributed by atoms with Gasteiger partial charge in [-0.1, -0.05) is 36.6 Å². The summed E-state index contributed by atoms with van der Waals surface area (Å²) in [6.07, 6.45) is 8.94. The Kier molecular flexibility index (Phi) is 8.81. The third-order valence-electron chi connectivity index (χ3n) is 5.98. The van der Waals surface area contributed by atoms with Crippen molar-refractivity contribution in [1.29, 1.82) is 0 Å². The quantitative estimate of drug-likeness (QED) is 0.338. The summed E-state index contributed by atoms with van der Waals surface area (Å²) in [5.74, 6) is 0.312. The number of carboxylic acid groups (broad SMARTS) is 1. The van der Waals surface area contributed by atoms with Crippen LogP contribution in [-0.2, 0) is 17.8 Å². The third-order valence-corrected chi connectivity index (χ3v) is 5.98. The molecule has 0 atom stereocenters. The van der Waals surface area contributed by atoms with Crippen LogP contribution in [0.5, 0.6) is 17.2 Å². The van der Waals surface area contributed by atoms with E-state index in [1.54, 1.807) is 18.2 Å². The van der Waals surface area contributed by atoms with Crippen LogP contribution in [-0.4, -0.2) is 29.4 Å². The first-order valence-electron chi connectivity index (χ1n) is 12.5. The Labute approximate surface area is 210 Å². The molecule has 2 saturated carbocycles. The molecule has 8 heteroatoms. The van der Waals surface area contributed by atoms with E-state index in [1.807, 2.05) is 12.1 Å². The Morgan fingerprint density at radius 3 is 2.56 bits per heavy atom. The average molecular weight is 498 g/mol. The highest BCUT2D eigenvalue weighted by Gasteiger charge is 2.27. The molecule has 7 nitrogen and oxygen atoms in total. The minimum atomic E-state index is -0.852. The summed E-state index contributed by atoms with van der Waals surface area (Å²) in [5, 5.41) is 13.0. The molecule has 2 aliphatic rings. The molecule has 0 aliphatic heterocycles. The molecular formula is C28H32FNO6. The molecule has 0 bridgehead atoms. The van der Waals surface area contributed by atoms with Crippen molar-refractivity contribution in [2.24, 2.45) is 0 Å². The maximum Gasteiger partial charge on any atom is 0.303 e. The van der Waals surface area contributed by atoms with Gasteiger partial charge in [-0.05, 0) is 68.0 Å². The van der Waals surface area contributed by atoms with Gasteiger partial charge in [0.15, 0.2) is 11.4 Å².